The molecule has 19 heavy (non-hydrogen) atoms. The van der Waals surface area contributed by atoms with Crippen LogP contribution in [0, 0.1) is 21.4 Å². The molecule has 1 aromatic carbocycles. The molecular weight excluding hydrogens is 254 g/mol. The molecule has 1 N–H and O–H groups in total. The van der Waals surface area contributed by atoms with E-state index in [4.69, 9.17) is 10.4 Å². The molecule has 0 saturated carbocycles. The lowest BCUT2D eigenvalue weighted by molar-refractivity contribution is -0.385. The molecule has 0 aliphatic heterocycles. The molecular formula is C10H5N5O4. The van der Waals surface area contributed by atoms with Gasteiger partial charge in [-0.05, 0) is 12.1 Å². The van der Waals surface area contributed by atoms with Gasteiger partial charge in [0.05, 0.1) is 10.6 Å². The molecule has 1 aromatic heterocycles. The quantitative estimate of drug-likeness (QED) is 0.634. The molecule has 1 heterocycles. The second kappa shape index (κ2) is 4.53. The summed E-state index contributed by atoms with van der Waals surface area (Å²) in [5.41, 5.74) is -0.717. The number of carbonyl (C=O) groups is 1. The Morgan fingerprint density at radius 2 is 2.26 bits per heavy atom. The molecule has 0 unspecified atom stereocenters. The van der Waals surface area contributed by atoms with Gasteiger partial charge in [-0.25, -0.2) is 14.5 Å². The Balaban J connectivity index is 2.55. The van der Waals surface area contributed by atoms with Crippen LogP contribution in [-0.4, -0.2) is 30.8 Å². The number of carboxylic acids is 1. The number of hydrogen-bond donors (Lipinski definition) is 1. The van der Waals surface area contributed by atoms with Gasteiger partial charge in [-0.3, -0.25) is 10.1 Å². The maximum atomic E-state index is 11.0. The second-order valence-electron chi connectivity index (χ2n) is 3.39. The van der Waals surface area contributed by atoms with E-state index in [9.17, 15) is 14.9 Å². The van der Waals surface area contributed by atoms with Crippen LogP contribution in [0.3, 0.4) is 0 Å². The third-order valence-corrected chi connectivity index (χ3v) is 2.26. The van der Waals surface area contributed by atoms with E-state index in [0.717, 1.165) is 16.8 Å². The van der Waals surface area contributed by atoms with Crippen LogP contribution in [0.15, 0.2) is 24.5 Å². The summed E-state index contributed by atoms with van der Waals surface area (Å²) in [6, 6.07) is 5.19. The fourth-order valence-corrected chi connectivity index (χ4v) is 1.44. The summed E-state index contributed by atoms with van der Waals surface area (Å²) in [7, 11) is 0. The standard InChI is InChI=1S/C10H5N5O4/c11-4-9-12-5-14(13-9)6-1-2-8(15(18)19)7(3-6)10(16)17/h1-3,5H,(H,16,17). The van der Waals surface area contributed by atoms with E-state index >= 15 is 0 Å². The fourth-order valence-electron chi connectivity index (χ4n) is 1.44. The Morgan fingerprint density at radius 3 is 2.79 bits per heavy atom. The average molecular weight is 259 g/mol. The van der Waals surface area contributed by atoms with Crippen molar-refractivity contribution >= 4 is 11.7 Å². The zero-order valence-electron chi connectivity index (χ0n) is 9.22. The van der Waals surface area contributed by atoms with E-state index < -0.39 is 22.1 Å². The first-order chi connectivity index (χ1) is 9.02. The first-order valence-corrected chi connectivity index (χ1v) is 4.87. The number of nitrogens with zero attached hydrogens (tertiary/aromatic N) is 5. The minimum Gasteiger partial charge on any atom is -0.477 e. The molecule has 0 fully saturated rings. The number of rotatable bonds is 3. The lowest BCUT2D eigenvalue weighted by Crippen LogP contribution is -2.05. The number of benzene rings is 1. The molecule has 0 radical (unpaired) electrons. The lowest BCUT2D eigenvalue weighted by atomic mass is 10.1. The highest BCUT2D eigenvalue weighted by molar-refractivity contribution is 5.93. The van der Waals surface area contributed by atoms with E-state index in [-0.39, 0.29) is 11.5 Å². The van der Waals surface area contributed by atoms with Gasteiger partial charge in [-0.1, -0.05) is 0 Å². The molecule has 2 rings (SSSR count). The fraction of sp³-hybridized carbons (Fsp3) is 0. The molecule has 9 nitrogen and oxygen atoms in total. The summed E-state index contributed by atoms with van der Waals surface area (Å²) in [5, 5.41) is 32.0. The highest BCUT2D eigenvalue weighted by Crippen LogP contribution is 2.21. The zero-order chi connectivity index (χ0) is 14.0. The van der Waals surface area contributed by atoms with Crippen molar-refractivity contribution in [3.63, 3.8) is 0 Å². The summed E-state index contributed by atoms with van der Waals surface area (Å²) in [6.07, 6.45) is 1.21. The monoisotopic (exact) mass is 259 g/mol. The minimum absolute atomic E-state index is 0.0878. The van der Waals surface area contributed by atoms with Crippen molar-refractivity contribution in [2.24, 2.45) is 0 Å². The van der Waals surface area contributed by atoms with E-state index in [1.807, 2.05) is 0 Å². The first-order valence-electron chi connectivity index (χ1n) is 4.87. The third-order valence-electron chi connectivity index (χ3n) is 2.26. The number of nitro benzene ring substituents is 1. The largest absolute Gasteiger partial charge is 0.477 e. The Morgan fingerprint density at radius 1 is 1.53 bits per heavy atom. The molecule has 9 heteroatoms. The predicted octanol–water partition coefficient (Wildman–Crippen LogP) is 0.745. The number of aromatic nitrogens is 3. The number of aromatic carboxylic acids is 1. The number of carboxylic acid groups (broad SMARTS) is 1. The van der Waals surface area contributed by atoms with Crippen molar-refractivity contribution in [3.8, 4) is 11.8 Å². The number of nitriles is 1. The smallest absolute Gasteiger partial charge is 0.342 e. The third kappa shape index (κ3) is 2.22. The highest BCUT2D eigenvalue weighted by atomic mass is 16.6. The first kappa shape index (κ1) is 12.2. The van der Waals surface area contributed by atoms with Crippen molar-refractivity contribution < 1.29 is 14.8 Å². The SMILES string of the molecule is N#Cc1ncn(-c2ccc([N+](=O)[O-])c(C(=O)O)c2)n1. The molecule has 0 aliphatic carbocycles. The van der Waals surface area contributed by atoms with Gasteiger partial charge in [0.25, 0.3) is 11.5 Å². The van der Waals surface area contributed by atoms with Crippen LogP contribution in [0.2, 0.25) is 0 Å². The molecule has 0 atom stereocenters. The van der Waals surface area contributed by atoms with E-state index in [1.54, 1.807) is 6.07 Å². The lowest BCUT2D eigenvalue weighted by Gasteiger charge is -2.02. The highest BCUT2D eigenvalue weighted by Gasteiger charge is 2.20. The van der Waals surface area contributed by atoms with E-state index in [0.29, 0.717) is 0 Å². The van der Waals surface area contributed by atoms with Crippen molar-refractivity contribution in [2.75, 3.05) is 0 Å². The Hall–Kier alpha value is -3.28. The summed E-state index contributed by atoms with van der Waals surface area (Å²) < 4.78 is 1.16. The summed E-state index contributed by atoms with van der Waals surface area (Å²) in [6.45, 7) is 0. The van der Waals surface area contributed by atoms with Gasteiger partial charge in [-0.2, -0.15) is 5.26 Å². The molecule has 0 saturated heterocycles. The van der Waals surface area contributed by atoms with E-state index in [2.05, 4.69) is 10.1 Å². The minimum atomic E-state index is -1.42. The van der Waals surface area contributed by atoms with Crippen LogP contribution in [0.25, 0.3) is 5.69 Å². The van der Waals surface area contributed by atoms with Crippen LogP contribution in [0.4, 0.5) is 5.69 Å². The van der Waals surface area contributed by atoms with Crippen LogP contribution >= 0.6 is 0 Å². The Labute approximate surface area is 105 Å². The Kier molecular flexibility index (Phi) is 2.91. The zero-order valence-corrected chi connectivity index (χ0v) is 9.22. The average Bonchev–Trinajstić information content (AvgIpc) is 2.86. The molecule has 0 bridgehead atoms. The maximum absolute atomic E-state index is 11.0. The van der Waals surface area contributed by atoms with Gasteiger partial charge in [-0.15, -0.1) is 5.10 Å². The number of nitro groups is 1. The molecule has 0 aliphatic rings. The molecule has 0 amide bonds. The van der Waals surface area contributed by atoms with Crippen molar-refractivity contribution in [3.05, 3.63) is 46.0 Å². The van der Waals surface area contributed by atoms with Gasteiger partial charge in [0, 0.05) is 6.07 Å². The van der Waals surface area contributed by atoms with E-state index in [1.165, 1.54) is 12.4 Å². The Bertz CT molecular complexity index is 715. The number of hydrogen-bond acceptors (Lipinski definition) is 6. The van der Waals surface area contributed by atoms with Crippen LogP contribution in [0.1, 0.15) is 16.2 Å². The van der Waals surface area contributed by atoms with Gasteiger partial charge >= 0.3 is 5.97 Å². The van der Waals surface area contributed by atoms with Crippen molar-refractivity contribution in [2.45, 2.75) is 0 Å². The molecule has 2 aromatic rings. The van der Waals surface area contributed by atoms with Gasteiger partial charge in [0.2, 0.25) is 0 Å². The van der Waals surface area contributed by atoms with Crippen molar-refractivity contribution in [1.82, 2.24) is 14.8 Å². The summed E-state index contributed by atoms with van der Waals surface area (Å²) in [4.78, 5) is 24.5. The normalized spacial score (nSPS) is 9.84. The molecule has 0 spiro atoms. The maximum Gasteiger partial charge on any atom is 0.342 e. The predicted molar refractivity (Wildman–Crippen MR) is 59.7 cm³/mol. The van der Waals surface area contributed by atoms with Gasteiger partial charge in [0.1, 0.15) is 18.0 Å². The summed E-state index contributed by atoms with van der Waals surface area (Å²) >= 11 is 0. The van der Waals surface area contributed by atoms with Crippen molar-refractivity contribution in [1.29, 1.82) is 5.26 Å². The van der Waals surface area contributed by atoms with Crippen LogP contribution in [-0.2, 0) is 0 Å². The van der Waals surface area contributed by atoms with Gasteiger partial charge < -0.3 is 5.11 Å². The van der Waals surface area contributed by atoms with Gasteiger partial charge in [0.15, 0.2) is 0 Å². The molecule has 94 valence electrons. The topological polar surface area (TPSA) is 135 Å². The second-order valence-corrected chi connectivity index (χ2v) is 3.39. The van der Waals surface area contributed by atoms with Crippen LogP contribution < -0.4 is 0 Å². The summed E-state index contributed by atoms with van der Waals surface area (Å²) in [5.74, 6) is -1.51. The van der Waals surface area contributed by atoms with Crippen LogP contribution in [0.5, 0.6) is 0 Å².